The number of nitrogens with zero attached hydrogens (tertiary/aromatic N) is 1. The molecule has 1 aliphatic carbocycles. The van der Waals surface area contributed by atoms with Crippen molar-refractivity contribution in [2.75, 3.05) is 13.2 Å². The maximum Gasteiger partial charge on any atom is 0.407 e. The van der Waals surface area contributed by atoms with E-state index in [4.69, 9.17) is 10.5 Å². The van der Waals surface area contributed by atoms with Crippen LogP contribution in [0.25, 0.3) is 17.2 Å². The Morgan fingerprint density at radius 2 is 1.65 bits per heavy atom. The van der Waals surface area contributed by atoms with Crippen LogP contribution >= 0.6 is 0 Å². The predicted molar refractivity (Wildman–Crippen MR) is 119 cm³/mol. The van der Waals surface area contributed by atoms with Gasteiger partial charge in [0.25, 0.3) is 5.91 Å². The van der Waals surface area contributed by atoms with Crippen LogP contribution < -0.4 is 11.1 Å². The molecule has 0 radical (unpaired) electrons. The van der Waals surface area contributed by atoms with Gasteiger partial charge in [0.1, 0.15) is 12.3 Å². The van der Waals surface area contributed by atoms with Gasteiger partial charge in [-0.3, -0.25) is 4.79 Å². The third-order valence-electron chi connectivity index (χ3n) is 5.24. The number of ether oxygens (including phenoxy) is 1. The minimum atomic E-state index is -0.563. The van der Waals surface area contributed by atoms with E-state index in [-0.39, 0.29) is 11.6 Å². The fourth-order valence-electron chi connectivity index (χ4n) is 3.79. The maximum atomic E-state index is 12.2. The van der Waals surface area contributed by atoms with Crippen molar-refractivity contribution < 1.29 is 14.3 Å². The van der Waals surface area contributed by atoms with E-state index < -0.39 is 12.0 Å². The summed E-state index contributed by atoms with van der Waals surface area (Å²) in [6.07, 6.45) is 3.82. The first-order valence-electron chi connectivity index (χ1n) is 10.2. The van der Waals surface area contributed by atoms with E-state index in [1.54, 1.807) is 24.3 Å². The topological polar surface area (TPSA) is 94.3 Å². The molecule has 156 valence electrons. The molecule has 6 heteroatoms. The Hall–Kier alpha value is -3.93. The Bertz CT molecular complexity index is 1090. The number of carbonyl (C=O) groups is 2. The van der Waals surface area contributed by atoms with Crippen LogP contribution in [0.4, 0.5) is 4.79 Å². The molecule has 0 unspecified atom stereocenters. The molecule has 0 atom stereocenters. The van der Waals surface area contributed by atoms with Crippen molar-refractivity contribution in [1.29, 1.82) is 0 Å². The van der Waals surface area contributed by atoms with Gasteiger partial charge in [-0.15, -0.1) is 0 Å². The van der Waals surface area contributed by atoms with Crippen molar-refractivity contribution in [3.8, 4) is 11.1 Å². The lowest BCUT2D eigenvalue weighted by Crippen LogP contribution is -2.26. The minimum absolute atomic E-state index is 0.0432. The lowest BCUT2D eigenvalue weighted by atomic mass is 9.98. The molecule has 0 bridgehead atoms. The van der Waals surface area contributed by atoms with E-state index in [1.807, 2.05) is 30.3 Å². The van der Waals surface area contributed by atoms with Gasteiger partial charge in [0.15, 0.2) is 0 Å². The summed E-state index contributed by atoms with van der Waals surface area (Å²) < 4.78 is 5.51. The molecule has 4 rings (SSSR count). The van der Waals surface area contributed by atoms with Gasteiger partial charge >= 0.3 is 6.09 Å². The van der Waals surface area contributed by atoms with Gasteiger partial charge in [-0.2, -0.15) is 0 Å². The van der Waals surface area contributed by atoms with E-state index >= 15 is 0 Å². The number of nitrogens with one attached hydrogen (secondary N) is 1. The predicted octanol–water partition coefficient (Wildman–Crippen LogP) is 4.12. The fourth-order valence-corrected chi connectivity index (χ4v) is 3.79. The van der Waals surface area contributed by atoms with E-state index in [9.17, 15) is 9.59 Å². The number of aromatic nitrogens is 1. The minimum Gasteiger partial charge on any atom is -0.449 e. The number of nitrogens with two attached hydrogens (primary N) is 1. The summed E-state index contributed by atoms with van der Waals surface area (Å²) in [5.74, 6) is -0.520. The Labute approximate surface area is 180 Å². The van der Waals surface area contributed by atoms with Gasteiger partial charge in [0.2, 0.25) is 0 Å². The SMILES string of the molecule is NC(=O)c1cccc(C=CCCNC(=O)OCC2c3ccccc3-c3ccccc32)n1. The highest BCUT2D eigenvalue weighted by molar-refractivity contribution is 5.90. The van der Waals surface area contributed by atoms with Crippen LogP contribution in [0.15, 0.2) is 72.8 Å². The van der Waals surface area contributed by atoms with Crippen molar-refractivity contribution in [3.05, 3.63) is 95.3 Å². The Kier molecular flexibility index (Phi) is 6.08. The first-order chi connectivity index (χ1) is 15.1. The molecule has 1 heterocycles. The van der Waals surface area contributed by atoms with Gasteiger partial charge < -0.3 is 15.8 Å². The van der Waals surface area contributed by atoms with Crippen molar-refractivity contribution >= 4 is 18.1 Å². The zero-order valence-electron chi connectivity index (χ0n) is 17.0. The van der Waals surface area contributed by atoms with Crippen LogP contribution in [-0.4, -0.2) is 30.1 Å². The molecule has 31 heavy (non-hydrogen) atoms. The van der Waals surface area contributed by atoms with Crippen LogP contribution in [-0.2, 0) is 4.74 Å². The third-order valence-corrected chi connectivity index (χ3v) is 5.24. The second kappa shape index (κ2) is 9.26. The van der Waals surface area contributed by atoms with Gasteiger partial charge in [0.05, 0.1) is 5.69 Å². The Morgan fingerprint density at radius 1 is 0.968 bits per heavy atom. The Balaban J connectivity index is 1.27. The average molecular weight is 413 g/mol. The van der Waals surface area contributed by atoms with E-state index in [2.05, 4.69) is 34.6 Å². The highest BCUT2D eigenvalue weighted by Gasteiger charge is 2.28. The van der Waals surface area contributed by atoms with E-state index in [1.165, 1.54) is 22.3 Å². The van der Waals surface area contributed by atoms with Crippen LogP contribution in [0.5, 0.6) is 0 Å². The highest BCUT2D eigenvalue weighted by Crippen LogP contribution is 2.44. The van der Waals surface area contributed by atoms with Gasteiger partial charge in [-0.05, 0) is 46.9 Å². The number of rotatable bonds is 7. The molecule has 6 nitrogen and oxygen atoms in total. The quantitative estimate of drug-likeness (QED) is 0.570. The second-order valence-electron chi connectivity index (χ2n) is 7.26. The number of carbonyl (C=O) groups excluding carboxylic acids is 2. The number of hydrogen-bond donors (Lipinski definition) is 2. The van der Waals surface area contributed by atoms with Crippen LogP contribution in [0.2, 0.25) is 0 Å². The largest absolute Gasteiger partial charge is 0.449 e. The summed E-state index contributed by atoms with van der Waals surface area (Å²) in [5, 5.41) is 2.76. The summed E-state index contributed by atoms with van der Waals surface area (Å²) in [7, 11) is 0. The van der Waals surface area contributed by atoms with Crippen LogP contribution in [0.1, 0.15) is 39.6 Å². The number of alkyl carbamates (subject to hydrolysis) is 1. The van der Waals surface area contributed by atoms with Crippen molar-refractivity contribution in [1.82, 2.24) is 10.3 Å². The maximum absolute atomic E-state index is 12.2. The summed E-state index contributed by atoms with van der Waals surface area (Å²) in [4.78, 5) is 27.5. The molecule has 1 aliphatic rings. The first-order valence-corrected chi connectivity index (χ1v) is 10.2. The fraction of sp³-hybridized carbons (Fsp3) is 0.160. The molecule has 2 aromatic carbocycles. The number of pyridine rings is 1. The van der Waals surface area contributed by atoms with Crippen molar-refractivity contribution in [3.63, 3.8) is 0 Å². The lowest BCUT2D eigenvalue weighted by Gasteiger charge is -2.14. The molecule has 0 aliphatic heterocycles. The summed E-state index contributed by atoms with van der Waals surface area (Å²) >= 11 is 0. The van der Waals surface area contributed by atoms with Gasteiger partial charge in [-0.25, -0.2) is 9.78 Å². The molecule has 0 saturated heterocycles. The molecular formula is C25H23N3O3. The molecule has 1 aromatic heterocycles. The first kappa shape index (κ1) is 20.3. The second-order valence-corrected chi connectivity index (χ2v) is 7.26. The average Bonchev–Trinajstić information content (AvgIpc) is 3.11. The standard InChI is InChI=1S/C25H23N3O3/c26-24(29)23-14-7-9-17(28-23)8-5-6-15-27-25(30)31-16-22-20-12-3-1-10-18(20)19-11-2-4-13-21(19)22/h1-5,7-14,22H,6,15-16H2,(H2,26,29)(H,27,30). The van der Waals surface area contributed by atoms with Crippen LogP contribution in [0.3, 0.4) is 0 Å². The van der Waals surface area contributed by atoms with E-state index in [0.717, 1.165) is 0 Å². The number of primary amides is 1. The smallest absolute Gasteiger partial charge is 0.407 e. The summed E-state index contributed by atoms with van der Waals surface area (Å²) in [5.41, 5.74) is 10.9. The number of hydrogen-bond acceptors (Lipinski definition) is 4. The summed E-state index contributed by atoms with van der Waals surface area (Å²) in [6, 6.07) is 21.5. The molecule has 3 N–H and O–H groups in total. The monoisotopic (exact) mass is 413 g/mol. The molecule has 0 spiro atoms. The number of amides is 2. The molecule has 3 aromatic rings. The van der Waals surface area contributed by atoms with Crippen molar-refractivity contribution in [2.24, 2.45) is 5.73 Å². The Morgan fingerprint density at radius 3 is 2.32 bits per heavy atom. The molecular weight excluding hydrogens is 390 g/mol. The highest BCUT2D eigenvalue weighted by atomic mass is 16.5. The van der Waals surface area contributed by atoms with E-state index in [0.29, 0.717) is 25.3 Å². The third kappa shape index (κ3) is 4.64. The molecule has 2 amide bonds. The van der Waals surface area contributed by atoms with Crippen LogP contribution in [0, 0.1) is 0 Å². The molecule has 0 saturated carbocycles. The van der Waals surface area contributed by atoms with Gasteiger partial charge in [-0.1, -0.05) is 60.7 Å². The zero-order valence-corrected chi connectivity index (χ0v) is 17.0. The normalized spacial score (nSPS) is 12.4. The van der Waals surface area contributed by atoms with Crippen molar-refractivity contribution in [2.45, 2.75) is 12.3 Å². The van der Waals surface area contributed by atoms with Gasteiger partial charge in [0, 0.05) is 12.5 Å². The number of benzene rings is 2. The number of fused-ring (bicyclic) bond motifs is 3. The lowest BCUT2D eigenvalue weighted by molar-refractivity contribution is 0.0995. The zero-order chi connectivity index (χ0) is 21.6. The summed E-state index contributed by atoms with van der Waals surface area (Å²) in [6.45, 7) is 0.724. The molecule has 0 fully saturated rings.